The van der Waals surface area contributed by atoms with Crippen molar-refractivity contribution in [1.29, 1.82) is 0 Å². The molecule has 30 heteroatoms. The van der Waals surface area contributed by atoms with Gasteiger partial charge in [0, 0.05) is 25.1 Å². The van der Waals surface area contributed by atoms with Crippen molar-refractivity contribution in [2.24, 2.45) is 40.7 Å². The topological polar surface area (TPSA) is 486 Å². The molecule has 19 N–H and O–H groups in total. The second-order valence-electron chi connectivity index (χ2n) is 22.1. The Bertz CT molecular complexity index is 2470. The number of carboxylic acids is 2. The van der Waals surface area contributed by atoms with Crippen LogP contribution in [0.2, 0.25) is 0 Å². The van der Waals surface area contributed by atoms with Gasteiger partial charge in [0.2, 0.25) is 65.0 Å². The van der Waals surface area contributed by atoms with E-state index in [4.69, 9.17) is 22.9 Å². The van der Waals surface area contributed by atoms with Gasteiger partial charge in [-0.3, -0.25) is 57.5 Å². The fourth-order valence-corrected chi connectivity index (χ4v) is 9.28. The number of aliphatic carboxylic acids is 2. The van der Waals surface area contributed by atoms with E-state index >= 15 is 0 Å². The molecule has 1 aromatic carbocycles. The fraction of sp³-hybridized carbons (Fsp3) is 0.648. The van der Waals surface area contributed by atoms with Crippen molar-refractivity contribution >= 4 is 89.5 Å². The quantitative estimate of drug-likeness (QED) is 0.0232. The first-order chi connectivity index (χ1) is 39.4. The summed E-state index contributed by atoms with van der Waals surface area (Å²) in [5.74, 6) is -14.0. The van der Waals surface area contributed by atoms with Gasteiger partial charge in [-0.2, -0.15) is 12.6 Å². The minimum atomic E-state index is -1.81. The number of hydrogen-bond acceptors (Lipinski definition) is 17. The summed E-state index contributed by atoms with van der Waals surface area (Å²) in [5, 5.41) is 49.1. The zero-order chi connectivity index (χ0) is 63.5. The minimum Gasteiger partial charge on any atom is -0.508 e. The maximum absolute atomic E-state index is 14.5. The molecule has 10 atom stereocenters. The fourth-order valence-electron chi connectivity index (χ4n) is 9.03. The van der Waals surface area contributed by atoms with E-state index in [1.165, 1.54) is 29.2 Å². The predicted octanol–water partition coefficient (Wildman–Crippen LogP) is -2.97. The van der Waals surface area contributed by atoms with Crippen molar-refractivity contribution in [2.75, 3.05) is 18.8 Å². The lowest BCUT2D eigenvalue weighted by atomic mass is 10.00. The summed E-state index contributed by atoms with van der Waals surface area (Å²) in [6.45, 7) is 10.7. The van der Waals surface area contributed by atoms with Crippen LogP contribution in [0.1, 0.15) is 124 Å². The van der Waals surface area contributed by atoms with E-state index < -0.39 is 156 Å². The molecule has 1 aliphatic heterocycles. The maximum Gasteiger partial charge on any atom is 0.326 e. The molecule has 0 aliphatic carbocycles. The van der Waals surface area contributed by atoms with E-state index in [2.05, 4.69) is 55.2 Å². The van der Waals surface area contributed by atoms with Gasteiger partial charge in [0.1, 0.15) is 60.1 Å². The van der Waals surface area contributed by atoms with Crippen LogP contribution in [0.3, 0.4) is 0 Å². The molecule has 470 valence electrons. The van der Waals surface area contributed by atoms with Gasteiger partial charge in [0.25, 0.3) is 0 Å². The molecule has 1 heterocycles. The van der Waals surface area contributed by atoms with Gasteiger partial charge in [-0.1, -0.05) is 53.7 Å². The largest absolute Gasteiger partial charge is 0.508 e. The van der Waals surface area contributed by atoms with E-state index in [1.54, 1.807) is 41.5 Å². The number of phenols is 1. The Hall–Kier alpha value is -7.60. The number of nitrogens with one attached hydrogen (secondary N) is 8. The van der Waals surface area contributed by atoms with E-state index in [9.17, 15) is 77.6 Å². The Kier molecular flexibility index (Phi) is 31.2. The Morgan fingerprint density at radius 1 is 0.571 bits per heavy atom. The van der Waals surface area contributed by atoms with Crippen LogP contribution < -0.4 is 65.5 Å². The molecule has 2 rings (SSSR count). The predicted molar refractivity (Wildman–Crippen MR) is 307 cm³/mol. The number of amides is 11. The SMILES string of the molecule is CC(C)C[C@H](NC(=O)[C@H](CC(C)C)NC(=O)[C@H](CC(=O)O)NC(=O)[C@H](CS)NC(=O)[C@H](CC(C)C)NC(=O)[C@@H]1CCCN1C(=O)[C@H](CCCCN)NC(=O)[C@H](CC(N)=O)NC(=O)[C@H](Cc1ccc(O)cc1)NC(=O)[C@@H](N)CCC(N)=O)C(=O)O. The number of carbonyl (C=O) groups is 13. The average Bonchev–Trinajstić information content (AvgIpc) is 4.15. The Labute approximate surface area is 493 Å². The molecule has 1 aliphatic rings. The molecule has 0 aromatic heterocycles. The van der Waals surface area contributed by atoms with Gasteiger partial charge in [-0.25, -0.2) is 4.79 Å². The number of carbonyl (C=O) groups excluding carboxylic acids is 11. The number of carboxylic acid groups (broad SMARTS) is 2. The second-order valence-corrected chi connectivity index (χ2v) is 22.5. The van der Waals surface area contributed by atoms with E-state index in [1.807, 2.05) is 0 Å². The van der Waals surface area contributed by atoms with Crippen molar-refractivity contribution in [3.63, 3.8) is 0 Å². The van der Waals surface area contributed by atoms with E-state index in [-0.39, 0.29) is 94.4 Å². The zero-order valence-corrected chi connectivity index (χ0v) is 49.4. The number of benzene rings is 1. The van der Waals surface area contributed by atoms with Gasteiger partial charge < -0.3 is 85.7 Å². The van der Waals surface area contributed by atoms with E-state index in [0.717, 1.165) is 0 Å². The smallest absolute Gasteiger partial charge is 0.326 e. The molecule has 1 fully saturated rings. The summed E-state index contributed by atoms with van der Waals surface area (Å²) in [6.07, 6.45) is -1.27. The molecule has 0 bridgehead atoms. The third-order valence-electron chi connectivity index (χ3n) is 13.3. The summed E-state index contributed by atoms with van der Waals surface area (Å²) in [6, 6.07) is -8.80. The number of thiol groups is 1. The highest BCUT2D eigenvalue weighted by molar-refractivity contribution is 7.80. The lowest BCUT2D eigenvalue weighted by molar-refractivity contribution is -0.143. The molecule has 0 unspecified atom stereocenters. The molecule has 84 heavy (non-hydrogen) atoms. The molecule has 0 radical (unpaired) electrons. The Balaban J connectivity index is 2.38. The first-order valence-electron chi connectivity index (χ1n) is 28.0. The normalized spacial score (nSPS) is 16.3. The minimum absolute atomic E-state index is 0.00524. The Morgan fingerprint density at radius 2 is 1.02 bits per heavy atom. The number of aromatic hydroxyl groups is 1. The summed E-state index contributed by atoms with van der Waals surface area (Å²) >= 11 is 4.21. The third kappa shape index (κ3) is 25.9. The summed E-state index contributed by atoms with van der Waals surface area (Å²) < 4.78 is 0. The van der Waals surface area contributed by atoms with Crippen molar-refractivity contribution in [3.05, 3.63) is 29.8 Å². The van der Waals surface area contributed by atoms with Crippen LogP contribution in [0.25, 0.3) is 0 Å². The van der Waals surface area contributed by atoms with Crippen LogP contribution in [0.4, 0.5) is 0 Å². The van der Waals surface area contributed by atoms with Crippen LogP contribution in [0, 0.1) is 17.8 Å². The highest BCUT2D eigenvalue weighted by Crippen LogP contribution is 2.22. The van der Waals surface area contributed by atoms with Gasteiger partial charge in [-0.15, -0.1) is 0 Å². The molecule has 11 amide bonds. The van der Waals surface area contributed by atoms with Gasteiger partial charge in [0.05, 0.1) is 18.9 Å². The number of likely N-dealkylation sites (tertiary alicyclic amines) is 1. The number of unbranched alkanes of at least 4 members (excludes halogenated alkanes) is 1. The number of phenolic OH excluding ortho intramolecular Hbond substituents is 1. The molecule has 0 spiro atoms. The second kappa shape index (κ2) is 36.2. The lowest BCUT2D eigenvalue weighted by Crippen LogP contribution is -2.61. The Morgan fingerprint density at radius 3 is 1.52 bits per heavy atom. The standard InChI is InChI=1S/C54H87N13O16S/c1-27(2)20-34(46(74)65-39(54(82)83)22-29(5)6)61-50(78)38(25-44(71)72)63-51(79)40(26-84)66-47(75)35(21-28(3)4)64-52(80)41-11-9-19-67(41)53(81)33(10-7-8-18-55)59-49(77)37(24-43(58)70)62-48(76)36(23-30-12-14-31(68)15-13-30)60-45(73)32(56)16-17-42(57)69/h12-15,27-29,32-41,68,84H,7-11,16-26,55-56H2,1-6H3,(H2,57,69)(H2,58,70)(H,59,77)(H,60,73)(H,61,78)(H,62,76)(H,63,79)(H,64,80)(H,65,74)(H,66,75)(H,71,72)(H,82,83)/t32-,33-,34-,35-,36-,37-,38-,39-,40-,41-/m0/s1. The monoisotopic (exact) mass is 1210 g/mol. The number of primary amides is 2. The first kappa shape index (κ1) is 72.5. The molecule has 0 saturated carbocycles. The summed E-state index contributed by atoms with van der Waals surface area (Å²) in [7, 11) is 0. The number of rotatable bonds is 38. The van der Waals surface area contributed by atoms with Crippen LogP contribution >= 0.6 is 12.6 Å². The first-order valence-corrected chi connectivity index (χ1v) is 28.6. The molecule has 1 aromatic rings. The maximum atomic E-state index is 14.5. The van der Waals surface area contributed by atoms with Crippen molar-refractivity contribution in [1.82, 2.24) is 47.4 Å². The summed E-state index contributed by atoms with van der Waals surface area (Å²) in [5.41, 5.74) is 22.9. The van der Waals surface area contributed by atoms with Crippen LogP contribution in [-0.2, 0) is 68.7 Å². The average molecular weight is 1210 g/mol. The third-order valence-corrected chi connectivity index (χ3v) is 13.7. The van der Waals surface area contributed by atoms with E-state index in [0.29, 0.717) is 18.4 Å². The highest BCUT2D eigenvalue weighted by Gasteiger charge is 2.41. The molecular formula is C54H87N13O16S. The highest BCUT2D eigenvalue weighted by atomic mass is 32.1. The number of nitrogens with zero attached hydrogens (tertiary/aromatic N) is 1. The van der Waals surface area contributed by atoms with Crippen LogP contribution in [-0.4, -0.2) is 176 Å². The van der Waals surface area contributed by atoms with Crippen LogP contribution in [0.5, 0.6) is 5.75 Å². The molecular weight excluding hydrogens is 1120 g/mol. The van der Waals surface area contributed by atoms with Crippen molar-refractivity contribution < 1.29 is 77.6 Å². The van der Waals surface area contributed by atoms with Gasteiger partial charge in [-0.05, 0) is 99.8 Å². The zero-order valence-electron chi connectivity index (χ0n) is 48.5. The molecule has 1 saturated heterocycles. The van der Waals surface area contributed by atoms with Crippen LogP contribution in [0.15, 0.2) is 24.3 Å². The van der Waals surface area contributed by atoms with Crippen molar-refractivity contribution in [3.8, 4) is 5.75 Å². The van der Waals surface area contributed by atoms with Gasteiger partial charge in [0.15, 0.2) is 0 Å². The number of hydrogen-bond donors (Lipinski definition) is 16. The molecule has 29 nitrogen and oxygen atoms in total. The number of nitrogens with two attached hydrogens (primary N) is 4. The lowest BCUT2D eigenvalue weighted by Gasteiger charge is -2.31. The summed E-state index contributed by atoms with van der Waals surface area (Å²) in [4.78, 5) is 174. The van der Waals surface area contributed by atoms with Gasteiger partial charge >= 0.3 is 11.9 Å². The van der Waals surface area contributed by atoms with Crippen molar-refractivity contribution in [2.45, 2.75) is 185 Å².